The van der Waals surface area contributed by atoms with Gasteiger partial charge in [0.15, 0.2) is 23.0 Å². The van der Waals surface area contributed by atoms with E-state index >= 15 is 0 Å². The minimum Gasteiger partial charge on any atom is -0.493 e. The van der Waals surface area contributed by atoms with E-state index in [1.165, 1.54) is 5.56 Å². The monoisotopic (exact) mass is 397 g/mol. The van der Waals surface area contributed by atoms with Gasteiger partial charge in [-0.15, -0.1) is 0 Å². The average Bonchev–Trinajstić information content (AvgIpc) is 3.19. The average molecular weight is 397 g/mol. The van der Waals surface area contributed by atoms with E-state index in [1.54, 1.807) is 14.2 Å². The quantitative estimate of drug-likeness (QED) is 0.787. The lowest BCUT2D eigenvalue weighted by Gasteiger charge is -2.41. The van der Waals surface area contributed by atoms with Crippen molar-refractivity contribution in [3.05, 3.63) is 34.9 Å². The number of benzene rings is 2. The topological polar surface area (TPSA) is 66.5 Å². The molecule has 1 amide bonds. The zero-order valence-corrected chi connectivity index (χ0v) is 16.7. The van der Waals surface area contributed by atoms with Gasteiger partial charge in [0.25, 0.3) is 0 Å². The molecule has 7 nitrogen and oxygen atoms in total. The first-order chi connectivity index (χ1) is 14.2. The van der Waals surface area contributed by atoms with Gasteiger partial charge in [-0.05, 0) is 60.2 Å². The van der Waals surface area contributed by atoms with Gasteiger partial charge < -0.3 is 28.6 Å². The lowest BCUT2D eigenvalue weighted by molar-refractivity contribution is 0.0861. The molecule has 0 aromatic heterocycles. The minimum atomic E-state index is -0.284. The predicted molar refractivity (Wildman–Crippen MR) is 105 cm³/mol. The Bertz CT molecular complexity index is 1000. The van der Waals surface area contributed by atoms with Crippen LogP contribution in [-0.4, -0.2) is 45.2 Å². The highest BCUT2D eigenvalue weighted by atomic mass is 16.7. The largest absolute Gasteiger partial charge is 0.493 e. The minimum absolute atomic E-state index is 0.125. The molecule has 2 aromatic carbocycles. The Morgan fingerprint density at radius 1 is 1.14 bits per heavy atom. The van der Waals surface area contributed by atoms with Crippen molar-refractivity contribution in [1.29, 1.82) is 0 Å². The number of amides is 1. The van der Waals surface area contributed by atoms with Crippen molar-refractivity contribution in [2.75, 3.05) is 34.2 Å². The second kappa shape index (κ2) is 6.76. The molecule has 0 saturated carbocycles. The summed E-state index contributed by atoms with van der Waals surface area (Å²) in [6.45, 7) is 2.99. The maximum atomic E-state index is 12.7. The number of carbonyl (C=O) groups is 1. The van der Waals surface area contributed by atoms with Crippen molar-refractivity contribution in [1.82, 2.24) is 4.90 Å². The molecule has 1 aliphatic carbocycles. The Morgan fingerprint density at radius 3 is 2.66 bits per heavy atom. The lowest BCUT2D eigenvalue weighted by Crippen LogP contribution is -2.42. The highest BCUT2D eigenvalue weighted by molar-refractivity contribution is 5.86. The number of fused-ring (bicyclic) bond motifs is 3. The van der Waals surface area contributed by atoms with Crippen molar-refractivity contribution in [2.24, 2.45) is 0 Å². The predicted octanol–water partition coefficient (Wildman–Crippen LogP) is 3.71. The maximum Gasteiger partial charge on any atom is 0.410 e. The van der Waals surface area contributed by atoms with Crippen LogP contribution in [0.15, 0.2) is 18.2 Å². The number of nitrogens with zero attached hydrogens (tertiary/aromatic N) is 1. The fourth-order valence-electron chi connectivity index (χ4n) is 4.70. The van der Waals surface area contributed by atoms with E-state index in [0.29, 0.717) is 31.1 Å². The third-order valence-corrected chi connectivity index (χ3v) is 5.91. The Labute approximate surface area is 169 Å². The molecule has 0 saturated heterocycles. The van der Waals surface area contributed by atoms with Crippen LogP contribution in [0.4, 0.5) is 4.79 Å². The number of hydrogen-bond donors (Lipinski definition) is 0. The first-order valence-corrected chi connectivity index (χ1v) is 9.80. The molecule has 7 heteroatoms. The van der Waals surface area contributed by atoms with Crippen LogP contribution in [0.25, 0.3) is 11.1 Å². The second-order valence-corrected chi connectivity index (χ2v) is 7.28. The van der Waals surface area contributed by atoms with Crippen LogP contribution in [-0.2, 0) is 17.6 Å². The van der Waals surface area contributed by atoms with Crippen LogP contribution < -0.4 is 18.9 Å². The molecule has 2 aromatic rings. The molecule has 5 rings (SSSR count). The summed E-state index contributed by atoms with van der Waals surface area (Å²) in [7, 11) is 3.29. The molecule has 0 spiro atoms. The molecule has 2 aliphatic heterocycles. The summed E-state index contributed by atoms with van der Waals surface area (Å²) < 4.78 is 28.0. The molecule has 2 heterocycles. The number of methoxy groups -OCH3 is 2. The van der Waals surface area contributed by atoms with Crippen molar-refractivity contribution < 1.29 is 28.5 Å². The Morgan fingerprint density at radius 2 is 1.93 bits per heavy atom. The van der Waals surface area contributed by atoms with Crippen LogP contribution in [0.3, 0.4) is 0 Å². The fourth-order valence-corrected chi connectivity index (χ4v) is 4.70. The molecule has 0 radical (unpaired) electrons. The molecular weight excluding hydrogens is 374 g/mol. The van der Waals surface area contributed by atoms with E-state index < -0.39 is 0 Å². The number of carbonyl (C=O) groups excluding carboxylic acids is 1. The van der Waals surface area contributed by atoms with Crippen molar-refractivity contribution >= 4 is 6.09 Å². The molecular formula is C22H23NO6. The first-order valence-electron chi connectivity index (χ1n) is 9.80. The molecule has 1 atom stereocenters. The lowest BCUT2D eigenvalue weighted by atomic mass is 9.76. The van der Waals surface area contributed by atoms with Crippen LogP contribution >= 0.6 is 0 Å². The Balaban J connectivity index is 1.76. The summed E-state index contributed by atoms with van der Waals surface area (Å²) >= 11 is 0. The van der Waals surface area contributed by atoms with Gasteiger partial charge in [-0.3, -0.25) is 0 Å². The highest BCUT2D eigenvalue weighted by Gasteiger charge is 2.40. The Kier molecular flexibility index (Phi) is 4.19. The Hall–Kier alpha value is -3.09. The van der Waals surface area contributed by atoms with E-state index in [1.807, 2.05) is 30.0 Å². The van der Waals surface area contributed by atoms with Gasteiger partial charge in [0.1, 0.15) is 0 Å². The maximum absolute atomic E-state index is 12.7. The van der Waals surface area contributed by atoms with Gasteiger partial charge in [0.2, 0.25) is 6.79 Å². The smallest absolute Gasteiger partial charge is 0.410 e. The third kappa shape index (κ3) is 2.60. The summed E-state index contributed by atoms with van der Waals surface area (Å²) in [5.74, 6) is 2.81. The SMILES string of the molecule is CCOC(=O)N1CCc2cc(OC)c(OC)c3c2[C@@H]1Cc1cc2c(cc1-3)OCO2. The molecule has 0 fully saturated rings. The van der Waals surface area contributed by atoms with Crippen molar-refractivity contribution in [3.63, 3.8) is 0 Å². The summed E-state index contributed by atoms with van der Waals surface area (Å²) in [5, 5.41) is 0. The number of ether oxygens (including phenoxy) is 5. The van der Waals surface area contributed by atoms with Crippen LogP contribution in [0.1, 0.15) is 29.7 Å². The molecule has 3 aliphatic rings. The number of rotatable bonds is 3. The van der Waals surface area contributed by atoms with Crippen LogP contribution in [0.5, 0.6) is 23.0 Å². The van der Waals surface area contributed by atoms with E-state index in [4.69, 9.17) is 23.7 Å². The zero-order chi connectivity index (χ0) is 20.1. The van der Waals surface area contributed by atoms with Gasteiger partial charge in [-0.2, -0.15) is 0 Å². The molecule has 0 bridgehead atoms. The highest BCUT2D eigenvalue weighted by Crippen LogP contribution is 2.54. The normalized spacial score (nSPS) is 18.0. The molecule has 0 unspecified atom stereocenters. The summed E-state index contributed by atoms with van der Waals surface area (Å²) in [6.07, 6.45) is 1.13. The van der Waals surface area contributed by atoms with E-state index in [9.17, 15) is 4.79 Å². The molecule has 29 heavy (non-hydrogen) atoms. The van der Waals surface area contributed by atoms with E-state index in [-0.39, 0.29) is 18.9 Å². The summed E-state index contributed by atoms with van der Waals surface area (Å²) in [4.78, 5) is 14.5. The standard InChI is InChI=1S/C22H23NO6/c1-4-27-22(24)23-6-5-12-8-18(25-2)21(26-3)20-14-10-17-16(28-11-29-17)9-13(14)7-15(23)19(12)20/h8-10,15H,4-7,11H2,1-3H3/t15-/m0/s1. The number of hydrogen-bond acceptors (Lipinski definition) is 6. The molecule has 152 valence electrons. The van der Waals surface area contributed by atoms with E-state index in [0.717, 1.165) is 40.2 Å². The van der Waals surface area contributed by atoms with Gasteiger partial charge in [-0.1, -0.05) is 0 Å². The van der Waals surface area contributed by atoms with Crippen LogP contribution in [0, 0.1) is 0 Å². The fraction of sp³-hybridized carbons (Fsp3) is 0.409. The van der Waals surface area contributed by atoms with Gasteiger partial charge in [-0.25, -0.2) is 4.79 Å². The van der Waals surface area contributed by atoms with Gasteiger partial charge in [0.05, 0.1) is 26.9 Å². The second-order valence-electron chi connectivity index (χ2n) is 7.28. The first kappa shape index (κ1) is 18.0. The summed E-state index contributed by atoms with van der Waals surface area (Å²) in [5.41, 5.74) is 5.35. The summed E-state index contributed by atoms with van der Waals surface area (Å²) in [6, 6.07) is 5.93. The van der Waals surface area contributed by atoms with Crippen molar-refractivity contribution in [3.8, 4) is 34.1 Å². The van der Waals surface area contributed by atoms with Gasteiger partial charge in [0, 0.05) is 12.1 Å². The zero-order valence-electron chi connectivity index (χ0n) is 16.7. The third-order valence-electron chi connectivity index (χ3n) is 5.91. The van der Waals surface area contributed by atoms with Gasteiger partial charge >= 0.3 is 6.09 Å². The van der Waals surface area contributed by atoms with Crippen LogP contribution in [0.2, 0.25) is 0 Å². The van der Waals surface area contributed by atoms with E-state index in [2.05, 4.69) is 0 Å². The van der Waals surface area contributed by atoms with Crippen molar-refractivity contribution in [2.45, 2.75) is 25.8 Å². The molecule has 0 N–H and O–H groups in total.